The Morgan fingerprint density at radius 2 is 1.67 bits per heavy atom. The van der Waals surface area contributed by atoms with E-state index in [-0.39, 0.29) is 5.91 Å². The van der Waals surface area contributed by atoms with Crippen LogP contribution in [0.5, 0.6) is 5.75 Å². The van der Waals surface area contributed by atoms with Gasteiger partial charge in [0.15, 0.2) is 6.10 Å². The zero-order valence-corrected chi connectivity index (χ0v) is 17.7. The topological polar surface area (TPSA) is 44.8 Å². The van der Waals surface area contributed by atoms with Gasteiger partial charge < -0.3 is 19.9 Å². The molecule has 0 spiro atoms. The number of anilines is 1. The minimum atomic E-state index is -0.569. The molecule has 0 unspecified atom stereocenters. The number of rotatable bonds is 6. The van der Waals surface area contributed by atoms with Crippen LogP contribution in [-0.4, -0.2) is 50.1 Å². The van der Waals surface area contributed by atoms with Crippen molar-refractivity contribution in [2.24, 2.45) is 0 Å². The monoisotopic (exact) mass is 403 g/mol. The summed E-state index contributed by atoms with van der Waals surface area (Å²) in [5, 5.41) is 5.10. The highest BCUT2D eigenvalue weighted by molar-refractivity contribution is 5.89. The van der Waals surface area contributed by atoms with E-state index in [2.05, 4.69) is 46.4 Å². The summed E-state index contributed by atoms with van der Waals surface area (Å²) in [6, 6.07) is 22.4. The molecule has 0 saturated carbocycles. The minimum Gasteiger partial charge on any atom is -0.480 e. The molecular formula is C25H29N3O2. The van der Waals surface area contributed by atoms with E-state index in [0.717, 1.165) is 48.3 Å². The second-order valence-corrected chi connectivity index (χ2v) is 7.91. The summed E-state index contributed by atoms with van der Waals surface area (Å²) >= 11 is 0. The smallest absolute Gasteiger partial charge is 0.261 e. The van der Waals surface area contributed by atoms with E-state index in [9.17, 15) is 4.79 Å². The number of nitrogens with zero attached hydrogens (tertiary/aromatic N) is 2. The van der Waals surface area contributed by atoms with Crippen molar-refractivity contribution < 1.29 is 9.53 Å². The highest BCUT2D eigenvalue weighted by atomic mass is 16.5. The van der Waals surface area contributed by atoms with Crippen molar-refractivity contribution in [1.29, 1.82) is 0 Å². The molecule has 5 heteroatoms. The van der Waals surface area contributed by atoms with Gasteiger partial charge in [-0.1, -0.05) is 48.5 Å². The van der Waals surface area contributed by atoms with E-state index >= 15 is 0 Å². The normalized spacial score (nSPS) is 15.7. The van der Waals surface area contributed by atoms with Crippen molar-refractivity contribution in [2.75, 3.05) is 38.1 Å². The molecule has 1 N–H and O–H groups in total. The van der Waals surface area contributed by atoms with Gasteiger partial charge in [0.05, 0.1) is 0 Å². The van der Waals surface area contributed by atoms with Crippen LogP contribution in [0.2, 0.25) is 0 Å². The minimum absolute atomic E-state index is 0.119. The SMILES string of the molecule is C[C@H](Oc1cccc2ccccc12)C(=O)NCc1ccc(N2CCN(C)CC2)cc1. The van der Waals surface area contributed by atoms with Gasteiger partial charge in [-0.3, -0.25) is 4.79 Å². The molecule has 0 aromatic heterocycles. The van der Waals surface area contributed by atoms with Crippen LogP contribution >= 0.6 is 0 Å². The second-order valence-electron chi connectivity index (χ2n) is 7.91. The molecule has 3 aromatic carbocycles. The van der Waals surface area contributed by atoms with Gasteiger partial charge in [-0.05, 0) is 43.1 Å². The maximum atomic E-state index is 12.6. The molecule has 4 rings (SSSR count). The van der Waals surface area contributed by atoms with Crippen molar-refractivity contribution >= 4 is 22.4 Å². The first-order chi connectivity index (χ1) is 14.6. The first-order valence-electron chi connectivity index (χ1n) is 10.5. The fourth-order valence-electron chi connectivity index (χ4n) is 3.76. The maximum absolute atomic E-state index is 12.6. The molecular weight excluding hydrogens is 374 g/mol. The third kappa shape index (κ3) is 4.74. The van der Waals surface area contributed by atoms with Crippen molar-refractivity contribution in [3.63, 3.8) is 0 Å². The number of hydrogen-bond acceptors (Lipinski definition) is 4. The first kappa shape index (κ1) is 20.2. The molecule has 30 heavy (non-hydrogen) atoms. The number of nitrogens with one attached hydrogen (secondary N) is 1. The van der Waals surface area contributed by atoms with Gasteiger partial charge in [0.25, 0.3) is 5.91 Å². The highest BCUT2D eigenvalue weighted by Crippen LogP contribution is 2.26. The largest absolute Gasteiger partial charge is 0.480 e. The standard InChI is InChI=1S/C25H29N3O2/c1-19(30-24-9-5-7-21-6-3-4-8-23(21)24)25(29)26-18-20-10-12-22(13-11-20)28-16-14-27(2)15-17-28/h3-13,19H,14-18H2,1-2H3,(H,26,29)/t19-/m0/s1. The number of ether oxygens (including phenoxy) is 1. The van der Waals surface area contributed by atoms with Gasteiger partial charge in [0.1, 0.15) is 5.75 Å². The zero-order valence-electron chi connectivity index (χ0n) is 17.7. The molecule has 0 radical (unpaired) electrons. The number of amides is 1. The number of piperazine rings is 1. The summed E-state index contributed by atoms with van der Waals surface area (Å²) in [5.74, 6) is 0.610. The van der Waals surface area contributed by atoms with Crippen molar-refractivity contribution in [1.82, 2.24) is 10.2 Å². The fraction of sp³-hybridized carbons (Fsp3) is 0.320. The molecule has 0 bridgehead atoms. The molecule has 3 aromatic rings. The van der Waals surface area contributed by atoms with Gasteiger partial charge in [-0.15, -0.1) is 0 Å². The molecule has 0 aliphatic carbocycles. The Bertz CT molecular complexity index is 989. The summed E-state index contributed by atoms with van der Waals surface area (Å²) in [6.45, 7) is 6.56. The van der Waals surface area contributed by atoms with Crippen LogP contribution in [0.3, 0.4) is 0 Å². The molecule has 5 nitrogen and oxygen atoms in total. The number of fused-ring (bicyclic) bond motifs is 1. The Kier molecular flexibility index (Phi) is 6.19. The predicted molar refractivity (Wildman–Crippen MR) is 122 cm³/mol. The van der Waals surface area contributed by atoms with Crippen LogP contribution in [0, 0.1) is 0 Å². The number of benzene rings is 3. The van der Waals surface area contributed by atoms with Crippen LogP contribution in [0.4, 0.5) is 5.69 Å². The zero-order chi connectivity index (χ0) is 20.9. The molecule has 156 valence electrons. The summed E-state index contributed by atoms with van der Waals surface area (Å²) < 4.78 is 5.96. The van der Waals surface area contributed by atoms with Gasteiger partial charge >= 0.3 is 0 Å². The van der Waals surface area contributed by atoms with Crippen molar-refractivity contribution in [3.8, 4) is 5.75 Å². The van der Waals surface area contributed by atoms with Crippen LogP contribution < -0.4 is 15.0 Å². The predicted octanol–water partition coefficient (Wildman–Crippen LogP) is 3.68. The Labute approximate surface area is 178 Å². The van der Waals surface area contributed by atoms with Gasteiger partial charge in [-0.25, -0.2) is 0 Å². The average molecular weight is 404 g/mol. The number of carbonyl (C=O) groups excluding carboxylic acids is 1. The lowest BCUT2D eigenvalue weighted by atomic mass is 10.1. The first-order valence-corrected chi connectivity index (χ1v) is 10.5. The number of likely N-dealkylation sites (N-methyl/N-ethyl adjacent to an activating group) is 1. The molecule has 1 fully saturated rings. The van der Waals surface area contributed by atoms with Crippen LogP contribution in [-0.2, 0) is 11.3 Å². The lowest BCUT2D eigenvalue weighted by Gasteiger charge is -2.34. The van der Waals surface area contributed by atoms with E-state index in [1.54, 1.807) is 6.92 Å². The third-order valence-corrected chi connectivity index (χ3v) is 5.69. The van der Waals surface area contributed by atoms with Gasteiger partial charge in [-0.2, -0.15) is 0 Å². The molecule has 1 amide bonds. The Hall–Kier alpha value is -3.05. The lowest BCUT2D eigenvalue weighted by molar-refractivity contribution is -0.127. The molecule has 1 heterocycles. The van der Waals surface area contributed by atoms with Crippen LogP contribution in [0.25, 0.3) is 10.8 Å². The van der Waals surface area contributed by atoms with Crippen LogP contribution in [0.1, 0.15) is 12.5 Å². The van der Waals surface area contributed by atoms with E-state index in [1.807, 2.05) is 42.5 Å². The van der Waals surface area contributed by atoms with Gasteiger partial charge in [0.2, 0.25) is 0 Å². The highest BCUT2D eigenvalue weighted by Gasteiger charge is 2.16. The fourth-order valence-corrected chi connectivity index (χ4v) is 3.76. The van der Waals surface area contributed by atoms with E-state index < -0.39 is 6.10 Å². The molecule has 1 aliphatic rings. The summed E-state index contributed by atoms with van der Waals surface area (Å²) in [5.41, 5.74) is 2.32. The summed E-state index contributed by atoms with van der Waals surface area (Å²) in [4.78, 5) is 17.3. The summed E-state index contributed by atoms with van der Waals surface area (Å²) in [7, 11) is 2.16. The lowest BCUT2D eigenvalue weighted by Crippen LogP contribution is -2.44. The average Bonchev–Trinajstić information content (AvgIpc) is 2.78. The Balaban J connectivity index is 1.31. The molecule has 1 atom stereocenters. The van der Waals surface area contributed by atoms with Crippen molar-refractivity contribution in [3.05, 3.63) is 72.3 Å². The number of carbonyl (C=O) groups is 1. The summed E-state index contributed by atoms with van der Waals surface area (Å²) in [6.07, 6.45) is -0.569. The van der Waals surface area contributed by atoms with E-state index in [4.69, 9.17) is 4.74 Å². The quantitative estimate of drug-likeness (QED) is 0.682. The van der Waals surface area contributed by atoms with E-state index in [0.29, 0.717) is 6.54 Å². The molecule has 1 aliphatic heterocycles. The van der Waals surface area contributed by atoms with Gasteiger partial charge in [0, 0.05) is 43.8 Å². The van der Waals surface area contributed by atoms with Crippen LogP contribution in [0.15, 0.2) is 66.7 Å². The second kappa shape index (κ2) is 9.18. The Morgan fingerprint density at radius 3 is 2.43 bits per heavy atom. The molecule has 1 saturated heterocycles. The third-order valence-electron chi connectivity index (χ3n) is 5.69. The number of hydrogen-bond donors (Lipinski definition) is 1. The maximum Gasteiger partial charge on any atom is 0.261 e. The van der Waals surface area contributed by atoms with E-state index in [1.165, 1.54) is 5.69 Å². The van der Waals surface area contributed by atoms with Crippen molar-refractivity contribution in [2.45, 2.75) is 19.6 Å². The Morgan fingerprint density at radius 1 is 0.967 bits per heavy atom.